The average molecular weight is 301 g/mol. The number of fused-ring (bicyclic) bond motifs is 1. The first-order valence-corrected chi connectivity index (χ1v) is 8.54. The summed E-state index contributed by atoms with van der Waals surface area (Å²) in [5, 5.41) is 4.71. The third-order valence-corrected chi connectivity index (χ3v) is 5.44. The maximum absolute atomic E-state index is 4.91. The largest absolute Gasteiger partial charge is 0.321 e. The molecule has 0 saturated carbocycles. The van der Waals surface area contributed by atoms with E-state index in [0.717, 1.165) is 18.1 Å². The molecule has 1 aliphatic rings. The number of aryl methyl sites for hydroxylation is 2. The summed E-state index contributed by atoms with van der Waals surface area (Å²) in [6.07, 6.45) is 3.59. The number of hydrogen-bond acceptors (Lipinski definition) is 4. The van der Waals surface area contributed by atoms with E-state index in [1.54, 1.807) is 0 Å². The second kappa shape index (κ2) is 6.16. The fourth-order valence-corrected chi connectivity index (χ4v) is 4.23. The number of rotatable bonds is 4. The SMILES string of the molecule is CCNC1CCCc2nc(N(C)c3ccccc3C)sc21. The minimum absolute atomic E-state index is 0.496. The highest BCUT2D eigenvalue weighted by Gasteiger charge is 2.25. The van der Waals surface area contributed by atoms with Crippen molar-refractivity contribution in [1.82, 2.24) is 10.3 Å². The molecule has 1 heterocycles. The van der Waals surface area contributed by atoms with Gasteiger partial charge in [0.2, 0.25) is 0 Å². The summed E-state index contributed by atoms with van der Waals surface area (Å²) in [5.74, 6) is 0. The highest BCUT2D eigenvalue weighted by atomic mass is 32.1. The van der Waals surface area contributed by atoms with Crippen LogP contribution < -0.4 is 10.2 Å². The normalized spacial score (nSPS) is 17.6. The van der Waals surface area contributed by atoms with Gasteiger partial charge >= 0.3 is 0 Å². The molecule has 0 aliphatic heterocycles. The molecule has 1 aromatic heterocycles. The van der Waals surface area contributed by atoms with Gasteiger partial charge in [-0.25, -0.2) is 4.98 Å². The van der Waals surface area contributed by atoms with Crippen LogP contribution in [0.4, 0.5) is 10.8 Å². The zero-order chi connectivity index (χ0) is 14.8. The van der Waals surface area contributed by atoms with E-state index in [1.807, 2.05) is 11.3 Å². The van der Waals surface area contributed by atoms with Crippen molar-refractivity contribution in [3.8, 4) is 0 Å². The highest BCUT2D eigenvalue weighted by Crippen LogP contribution is 2.39. The zero-order valence-corrected chi connectivity index (χ0v) is 13.8. The van der Waals surface area contributed by atoms with E-state index in [-0.39, 0.29) is 0 Å². The first-order chi connectivity index (χ1) is 10.2. The number of anilines is 2. The van der Waals surface area contributed by atoms with Crippen LogP contribution >= 0.6 is 11.3 Å². The summed E-state index contributed by atoms with van der Waals surface area (Å²) in [7, 11) is 2.12. The van der Waals surface area contributed by atoms with E-state index in [4.69, 9.17) is 4.98 Å². The van der Waals surface area contributed by atoms with Gasteiger partial charge in [-0.1, -0.05) is 36.5 Å². The van der Waals surface area contributed by atoms with Gasteiger partial charge in [-0.15, -0.1) is 0 Å². The first-order valence-electron chi connectivity index (χ1n) is 7.73. The molecule has 112 valence electrons. The lowest BCUT2D eigenvalue weighted by atomic mass is 9.98. The van der Waals surface area contributed by atoms with E-state index in [1.165, 1.54) is 34.7 Å². The van der Waals surface area contributed by atoms with E-state index in [2.05, 4.69) is 55.4 Å². The maximum Gasteiger partial charge on any atom is 0.190 e. The van der Waals surface area contributed by atoms with E-state index in [9.17, 15) is 0 Å². The molecule has 0 bridgehead atoms. The average Bonchev–Trinajstić information content (AvgIpc) is 2.92. The number of hydrogen-bond donors (Lipinski definition) is 1. The van der Waals surface area contributed by atoms with Gasteiger partial charge in [-0.2, -0.15) is 0 Å². The maximum atomic E-state index is 4.91. The van der Waals surface area contributed by atoms with E-state index >= 15 is 0 Å². The molecule has 4 heteroatoms. The molecule has 21 heavy (non-hydrogen) atoms. The van der Waals surface area contributed by atoms with Crippen molar-refractivity contribution in [2.45, 2.75) is 39.2 Å². The van der Waals surface area contributed by atoms with Crippen LogP contribution in [-0.4, -0.2) is 18.6 Å². The van der Waals surface area contributed by atoms with Gasteiger partial charge < -0.3 is 10.2 Å². The fraction of sp³-hybridized carbons (Fsp3) is 0.471. The third-order valence-electron chi connectivity index (χ3n) is 4.15. The molecule has 1 atom stereocenters. The van der Waals surface area contributed by atoms with E-state index in [0.29, 0.717) is 6.04 Å². The molecule has 1 unspecified atom stereocenters. The molecule has 2 aromatic rings. The Kier molecular flexibility index (Phi) is 4.27. The van der Waals surface area contributed by atoms with Crippen molar-refractivity contribution >= 4 is 22.2 Å². The van der Waals surface area contributed by atoms with Gasteiger partial charge in [-0.05, 0) is 44.4 Å². The number of aromatic nitrogens is 1. The topological polar surface area (TPSA) is 28.2 Å². The second-order valence-corrected chi connectivity index (χ2v) is 6.66. The Hall–Kier alpha value is -1.39. The van der Waals surface area contributed by atoms with Crippen molar-refractivity contribution in [1.29, 1.82) is 0 Å². The fourth-order valence-electron chi connectivity index (χ4n) is 3.03. The second-order valence-electron chi connectivity index (χ2n) is 5.66. The molecule has 3 nitrogen and oxygen atoms in total. The number of benzene rings is 1. The van der Waals surface area contributed by atoms with Gasteiger partial charge in [-0.3, -0.25) is 0 Å². The number of thiazole rings is 1. The Morgan fingerprint density at radius 3 is 2.95 bits per heavy atom. The van der Waals surface area contributed by atoms with Crippen molar-refractivity contribution in [3.63, 3.8) is 0 Å². The van der Waals surface area contributed by atoms with Gasteiger partial charge in [0.15, 0.2) is 5.13 Å². The number of nitrogens with zero attached hydrogens (tertiary/aromatic N) is 2. The summed E-state index contributed by atoms with van der Waals surface area (Å²) in [5.41, 5.74) is 3.83. The van der Waals surface area contributed by atoms with Crippen LogP contribution in [0.5, 0.6) is 0 Å². The van der Waals surface area contributed by atoms with Crippen LogP contribution in [0.2, 0.25) is 0 Å². The van der Waals surface area contributed by atoms with Gasteiger partial charge in [0.05, 0.1) is 5.69 Å². The molecule has 0 saturated heterocycles. The predicted octanol–water partition coefficient (Wildman–Crippen LogP) is 4.21. The van der Waals surface area contributed by atoms with Crippen LogP contribution in [0, 0.1) is 6.92 Å². The first kappa shape index (κ1) is 14.5. The lowest BCUT2D eigenvalue weighted by Gasteiger charge is -2.21. The quantitative estimate of drug-likeness (QED) is 0.917. The molecule has 0 fully saturated rings. The Morgan fingerprint density at radius 1 is 1.38 bits per heavy atom. The molecule has 0 amide bonds. The molecular formula is C17H23N3S. The number of nitrogens with one attached hydrogen (secondary N) is 1. The smallest absolute Gasteiger partial charge is 0.190 e. The Balaban J connectivity index is 1.92. The van der Waals surface area contributed by atoms with Gasteiger partial charge in [0.1, 0.15) is 0 Å². The van der Waals surface area contributed by atoms with Crippen molar-refractivity contribution in [3.05, 3.63) is 40.4 Å². The molecule has 3 rings (SSSR count). The summed E-state index contributed by atoms with van der Waals surface area (Å²) in [6, 6.07) is 8.99. The predicted molar refractivity (Wildman–Crippen MR) is 90.7 cm³/mol. The Bertz CT molecular complexity index is 620. The standard InChI is InChI=1S/C17H23N3S/c1-4-18-13-9-7-10-14-16(13)21-17(19-14)20(3)15-11-6-5-8-12(15)2/h5-6,8,11,13,18H,4,7,9-10H2,1-3H3. The summed E-state index contributed by atoms with van der Waals surface area (Å²) in [6.45, 7) is 5.35. The lowest BCUT2D eigenvalue weighted by molar-refractivity contribution is 0.476. The van der Waals surface area contributed by atoms with Crippen LogP contribution in [-0.2, 0) is 6.42 Å². The minimum Gasteiger partial charge on any atom is -0.321 e. The van der Waals surface area contributed by atoms with Gasteiger partial charge in [0, 0.05) is 23.7 Å². The summed E-state index contributed by atoms with van der Waals surface area (Å²) in [4.78, 5) is 8.57. The van der Waals surface area contributed by atoms with Gasteiger partial charge in [0.25, 0.3) is 0 Å². The van der Waals surface area contributed by atoms with Crippen LogP contribution in [0.15, 0.2) is 24.3 Å². The molecule has 0 radical (unpaired) electrons. The molecule has 1 N–H and O–H groups in total. The highest BCUT2D eigenvalue weighted by molar-refractivity contribution is 7.15. The van der Waals surface area contributed by atoms with Crippen molar-refractivity contribution in [2.24, 2.45) is 0 Å². The zero-order valence-electron chi connectivity index (χ0n) is 13.0. The van der Waals surface area contributed by atoms with Crippen LogP contribution in [0.3, 0.4) is 0 Å². The molecule has 1 aliphatic carbocycles. The van der Waals surface area contributed by atoms with Crippen molar-refractivity contribution in [2.75, 3.05) is 18.5 Å². The molecule has 1 aromatic carbocycles. The Morgan fingerprint density at radius 2 is 2.19 bits per heavy atom. The number of para-hydroxylation sites is 1. The van der Waals surface area contributed by atoms with E-state index < -0.39 is 0 Å². The molecular weight excluding hydrogens is 278 g/mol. The minimum atomic E-state index is 0.496. The van der Waals surface area contributed by atoms with Crippen LogP contribution in [0.25, 0.3) is 0 Å². The van der Waals surface area contributed by atoms with Crippen molar-refractivity contribution < 1.29 is 0 Å². The van der Waals surface area contributed by atoms with Crippen LogP contribution in [0.1, 0.15) is 41.9 Å². The summed E-state index contributed by atoms with van der Waals surface area (Å²) < 4.78 is 0. The third kappa shape index (κ3) is 2.83. The monoisotopic (exact) mass is 301 g/mol. The molecule has 0 spiro atoms. The summed E-state index contributed by atoms with van der Waals surface area (Å²) >= 11 is 1.85. The lowest BCUT2D eigenvalue weighted by Crippen LogP contribution is -2.23. The Labute approximate surface area is 131 Å².